The summed E-state index contributed by atoms with van der Waals surface area (Å²) in [4.78, 5) is 4.34. The maximum absolute atomic E-state index is 5.91. The van der Waals surface area contributed by atoms with Gasteiger partial charge in [-0.15, -0.1) is 0 Å². The van der Waals surface area contributed by atoms with Crippen LogP contribution < -0.4 is 20.5 Å². The van der Waals surface area contributed by atoms with Crippen LogP contribution in [0.1, 0.15) is 11.1 Å². The maximum Gasteiger partial charge on any atom is 0.189 e. The Morgan fingerprint density at radius 2 is 1.87 bits per heavy atom. The lowest BCUT2D eigenvalue weighted by Crippen LogP contribution is -2.31. The first-order valence-electron chi connectivity index (χ1n) is 7.12. The van der Waals surface area contributed by atoms with Crippen molar-refractivity contribution in [2.24, 2.45) is 10.7 Å². The van der Waals surface area contributed by atoms with Crippen molar-refractivity contribution in [1.82, 2.24) is 5.32 Å². The molecule has 2 rings (SSSR count). The Morgan fingerprint density at radius 3 is 2.57 bits per heavy atom. The molecule has 23 heavy (non-hydrogen) atoms. The molecule has 0 saturated carbocycles. The highest BCUT2D eigenvalue weighted by atomic mass is 79.9. The number of hydrogen-bond acceptors (Lipinski definition) is 3. The summed E-state index contributed by atoms with van der Waals surface area (Å²) in [7, 11) is 3.22. The second-order valence-electron chi connectivity index (χ2n) is 4.84. The van der Waals surface area contributed by atoms with E-state index in [-0.39, 0.29) is 0 Å². The summed E-state index contributed by atoms with van der Waals surface area (Å²) in [5, 5.41) is 3.10. The number of nitrogens with zero attached hydrogens (tertiary/aromatic N) is 1. The van der Waals surface area contributed by atoms with Crippen molar-refractivity contribution >= 4 is 21.9 Å². The van der Waals surface area contributed by atoms with Gasteiger partial charge in [-0.3, -0.25) is 0 Å². The van der Waals surface area contributed by atoms with Crippen LogP contribution in [0.15, 0.2) is 51.9 Å². The third kappa shape index (κ3) is 4.89. The smallest absolute Gasteiger partial charge is 0.189 e. The van der Waals surface area contributed by atoms with Crippen LogP contribution in [0.3, 0.4) is 0 Å². The molecule has 0 radical (unpaired) electrons. The Kier molecular flexibility index (Phi) is 6.29. The molecule has 122 valence electrons. The molecule has 0 aliphatic heterocycles. The summed E-state index contributed by atoms with van der Waals surface area (Å²) in [5.41, 5.74) is 8.03. The number of hydrogen-bond donors (Lipinski definition) is 2. The molecule has 6 heteroatoms. The van der Waals surface area contributed by atoms with Crippen molar-refractivity contribution in [3.63, 3.8) is 0 Å². The van der Waals surface area contributed by atoms with E-state index in [1.165, 1.54) is 0 Å². The topological polar surface area (TPSA) is 68.9 Å². The number of rotatable bonds is 6. The van der Waals surface area contributed by atoms with Gasteiger partial charge in [0.1, 0.15) is 0 Å². The SMILES string of the molecule is COc1ccc(CN=C(N)NCc2ccccc2Br)cc1OC. The van der Waals surface area contributed by atoms with Gasteiger partial charge in [0.15, 0.2) is 17.5 Å². The van der Waals surface area contributed by atoms with Crippen molar-refractivity contribution in [2.45, 2.75) is 13.1 Å². The highest BCUT2D eigenvalue weighted by molar-refractivity contribution is 9.10. The molecular weight excluding hydrogens is 358 g/mol. The van der Waals surface area contributed by atoms with Gasteiger partial charge < -0.3 is 20.5 Å². The van der Waals surface area contributed by atoms with Gasteiger partial charge in [-0.05, 0) is 29.3 Å². The number of methoxy groups -OCH3 is 2. The number of ether oxygens (including phenoxy) is 2. The van der Waals surface area contributed by atoms with E-state index in [0.29, 0.717) is 30.5 Å². The van der Waals surface area contributed by atoms with E-state index in [1.54, 1.807) is 14.2 Å². The van der Waals surface area contributed by atoms with Gasteiger partial charge in [0.2, 0.25) is 0 Å². The van der Waals surface area contributed by atoms with E-state index >= 15 is 0 Å². The summed E-state index contributed by atoms with van der Waals surface area (Å²) in [6, 6.07) is 13.7. The normalized spacial score (nSPS) is 11.2. The van der Waals surface area contributed by atoms with Crippen LogP contribution in [-0.4, -0.2) is 20.2 Å². The molecule has 2 aromatic carbocycles. The van der Waals surface area contributed by atoms with Gasteiger partial charge in [0, 0.05) is 11.0 Å². The molecule has 0 amide bonds. The molecule has 0 spiro atoms. The van der Waals surface area contributed by atoms with Crippen LogP contribution in [-0.2, 0) is 13.1 Å². The van der Waals surface area contributed by atoms with Crippen LogP contribution in [0, 0.1) is 0 Å². The van der Waals surface area contributed by atoms with Crippen LogP contribution in [0.5, 0.6) is 11.5 Å². The first-order valence-corrected chi connectivity index (χ1v) is 7.91. The fourth-order valence-electron chi connectivity index (χ4n) is 2.04. The highest BCUT2D eigenvalue weighted by Gasteiger charge is 2.04. The summed E-state index contributed by atoms with van der Waals surface area (Å²) in [6.07, 6.45) is 0. The molecule has 0 atom stereocenters. The minimum Gasteiger partial charge on any atom is -0.493 e. The fraction of sp³-hybridized carbons (Fsp3) is 0.235. The first kappa shape index (κ1) is 17.1. The molecule has 0 aliphatic rings. The van der Waals surface area contributed by atoms with Gasteiger partial charge in [-0.2, -0.15) is 0 Å². The van der Waals surface area contributed by atoms with Crippen LogP contribution in [0.25, 0.3) is 0 Å². The van der Waals surface area contributed by atoms with E-state index in [1.807, 2.05) is 42.5 Å². The van der Waals surface area contributed by atoms with Crippen LogP contribution in [0.4, 0.5) is 0 Å². The quantitative estimate of drug-likeness (QED) is 0.599. The second-order valence-corrected chi connectivity index (χ2v) is 5.69. The largest absolute Gasteiger partial charge is 0.493 e. The lowest BCUT2D eigenvalue weighted by molar-refractivity contribution is 0.354. The molecular formula is C17H20BrN3O2. The molecule has 0 aromatic heterocycles. The molecule has 3 N–H and O–H groups in total. The van der Waals surface area contributed by atoms with Gasteiger partial charge in [-0.25, -0.2) is 4.99 Å². The summed E-state index contributed by atoms with van der Waals surface area (Å²) < 4.78 is 11.5. The van der Waals surface area contributed by atoms with Gasteiger partial charge in [0.05, 0.1) is 20.8 Å². The van der Waals surface area contributed by atoms with E-state index in [4.69, 9.17) is 15.2 Å². The minimum atomic E-state index is 0.399. The molecule has 5 nitrogen and oxygen atoms in total. The Balaban J connectivity index is 1.95. The second kappa shape index (κ2) is 8.43. The average Bonchev–Trinajstić information content (AvgIpc) is 2.58. The van der Waals surface area contributed by atoms with E-state index in [9.17, 15) is 0 Å². The Bertz CT molecular complexity index is 689. The first-order chi connectivity index (χ1) is 11.1. The monoisotopic (exact) mass is 377 g/mol. The van der Waals surface area contributed by atoms with Crippen molar-refractivity contribution in [3.05, 3.63) is 58.1 Å². The number of aliphatic imine (C=N–C) groups is 1. The lowest BCUT2D eigenvalue weighted by Gasteiger charge is -2.09. The number of halogens is 1. The van der Waals surface area contributed by atoms with Crippen molar-refractivity contribution in [1.29, 1.82) is 0 Å². The highest BCUT2D eigenvalue weighted by Crippen LogP contribution is 2.27. The van der Waals surface area contributed by atoms with Gasteiger partial charge in [-0.1, -0.05) is 40.2 Å². The standard InChI is InChI=1S/C17H20BrN3O2/c1-22-15-8-7-12(9-16(15)23-2)10-20-17(19)21-11-13-5-3-4-6-14(13)18/h3-9H,10-11H2,1-2H3,(H3,19,20,21). The number of nitrogens with one attached hydrogen (secondary N) is 1. The molecule has 0 bridgehead atoms. The summed E-state index contributed by atoms with van der Waals surface area (Å²) in [6.45, 7) is 1.08. The summed E-state index contributed by atoms with van der Waals surface area (Å²) >= 11 is 3.51. The molecule has 2 aromatic rings. The molecule has 0 heterocycles. The zero-order valence-electron chi connectivity index (χ0n) is 13.2. The van der Waals surface area contributed by atoms with Crippen molar-refractivity contribution < 1.29 is 9.47 Å². The number of guanidine groups is 1. The molecule has 0 fully saturated rings. The van der Waals surface area contributed by atoms with Crippen molar-refractivity contribution in [2.75, 3.05) is 14.2 Å². The third-order valence-corrected chi connectivity index (χ3v) is 4.07. The van der Waals surface area contributed by atoms with E-state index in [0.717, 1.165) is 15.6 Å². The molecule has 0 aliphatic carbocycles. The number of benzene rings is 2. The van der Waals surface area contributed by atoms with E-state index < -0.39 is 0 Å². The fourth-order valence-corrected chi connectivity index (χ4v) is 2.46. The summed E-state index contributed by atoms with van der Waals surface area (Å²) in [5.74, 6) is 1.77. The average molecular weight is 378 g/mol. The lowest BCUT2D eigenvalue weighted by atomic mass is 10.2. The van der Waals surface area contributed by atoms with Gasteiger partial charge in [0.25, 0.3) is 0 Å². The Morgan fingerprint density at radius 1 is 1.13 bits per heavy atom. The number of nitrogens with two attached hydrogens (primary N) is 1. The van der Waals surface area contributed by atoms with E-state index in [2.05, 4.69) is 26.2 Å². The van der Waals surface area contributed by atoms with Crippen LogP contribution >= 0.6 is 15.9 Å². The molecule has 0 saturated heterocycles. The predicted octanol–water partition coefficient (Wildman–Crippen LogP) is 3.07. The Hall–Kier alpha value is -2.21. The predicted molar refractivity (Wildman–Crippen MR) is 95.9 cm³/mol. The third-order valence-electron chi connectivity index (χ3n) is 3.30. The molecule has 0 unspecified atom stereocenters. The van der Waals surface area contributed by atoms with Crippen molar-refractivity contribution in [3.8, 4) is 11.5 Å². The Labute approximate surface area is 144 Å². The zero-order valence-corrected chi connectivity index (χ0v) is 14.8. The van der Waals surface area contributed by atoms with Crippen LogP contribution in [0.2, 0.25) is 0 Å². The zero-order chi connectivity index (χ0) is 16.7. The minimum absolute atomic E-state index is 0.399. The van der Waals surface area contributed by atoms with Gasteiger partial charge >= 0.3 is 0 Å². The maximum atomic E-state index is 5.91.